The van der Waals surface area contributed by atoms with E-state index in [1.54, 1.807) is 42.5 Å². The van der Waals surface area contributed by atoms with Gasteiger partial charge in [0.15, 0.2) is 15.5 Å². The number of aromatic nitrogens is 4. The Bertz CT molecular complexity index is 1890. The molecule has 1 fully saturated rings. The summed E-state index contributed by atoms with van der Waals surface area (Å²) in [5.41, 5.74) is 3.03. The second kappa shape index (κ2) is 9.88. The van der Waals surface area contributed by atoms with Crippen LogP contribution in [0.3, 0.4) is 0 Å². The fraction of sp³-hybridized carbons (Fsp3) is 0.200. The second-order valence-electron chi connectivity index (χ2n) is 10.2. The number of halogens is 4. The molecule has 1 saturated carbocycles. The number of alkyl halides is 3. The summed E-state index contributed by atoms with van der Waals surface area (Å²) in [5.74, 6) is 1.01. The van der Waals surface area contributed by atoms with Gasteiger partial charge in [0, 0.05) is 40.8 Å². The predicted molar refractivity (Wildman–Crippen MR) is 151 cm³/mol. The number of imidazole rings is 2. The van der Waals surface area contributed by atoms with Crippen molar-refractivity contribution in [2.75, 3.05) is 6.26 Å². The Kier molecular flexibility index (Phi) is 6.58. The molecule has 0 amide bonds. The smallest absolute Gasteiger partial charge is 0.303 e. The Hall–Kier alpha value is -3.89. The Morgan fingerprint density at radius 2 is 1.61 bits per heavy atom. The highest BCUT2D eigenvalue weighted by molar-refractivity contribution is 7.90. The molecule has 6 rings (SSSR count). The Morgan fingerprint density at radius 3 is 2.24 bits per heavy atom. The van der Waals surface area contributed by atoms with Crippen LogP contribution in [0.15, 0.2) is 84.0 Å². The number of hydrogen-bond donors (Lipinski definition) is 0. The van der Waals surface area contributed by atoms with Gasteiger partial charge < -0.3 is 4.57 Å². The maximum Gasteiger partial charge on any atom is 0.434 e. The van der Waals surface area contributed by atoms with Crippen LogP contribution in [-0.2, 0) is 16.0 Å². The summed E-state index contributed by atoms with van der Waals surface area (Å²) in [4.78, 5) is 8.92. The van der Waals surface area contributed by atoms with E-state index < -0.39 is 21.7 Å². The fourth-order valence-corrected chi connectivity index (χ4v) is 5.62. The standard InChI is InChI=1S/C30H24ClF3N4O2S/c1-18-35-28(30(32,33)34)17-37(18)27-13-8-21(20-4-3-5-24(14-20)41(2,39)40)15-25(27)29-36-26(19-6-7-19)16-38(29)23-11-9-22(31)10-12-23/h3-5,8-17,19H,6-7H2,1-2H3. The van der Waals surface area contributed by atoms with E-state index in [0.29, 0.717) is 39.1 Å². The van der Waals surface area contributed by atoms with Gasteiger partial charge in [0.25, 0.3) is 0 Å². The zero-order valence-electron chi connectivity index (χ0n) is 22.0. The number of aryl methyl sites for hydroxylation is 1. The molecule has 0 unspecified atom stereocenters. The number of nitrogens with zero attached hydrogens (tertiary/aromatic N) is 4. The van der Waals surface area contributed by atoms with Crippen molar-refractivity contribution in [2.45, 2.75) is 36.8 Å². The summed E-state index contributed by atoms with van der Waals surface area (Å²) >= 11 is 6.15. The third-order valence-corrected chi connectivity index (χ3v) is 8.45. The molecule has 6 nitrogen and oxygen atoms in total. The summed E-state index contributed by atoms with van der Waals surface area (Å²) in [5, 5.41) is 0.569. The van der Waals surface area contributed by atoms with E-state index >= 15 is 0 Å². The van der Waals surface area contributed by atoms with E-state index in [1.165, 1.54) is 17.6 Å². The van der Waals surface area contributed by atoms with E-state index in [-0.39, 0.29) is 10.7 Å². The molecule has 0 spiro atoms. The zero-order valence-corrected chi connectivity index (χ0v) is 23.6. The highest BCUT2D eigenvalue weighted by atomic mass is 35.5. The lowest BCUT2D eigenvalue weighted by molar-refractivity contribution is -0.141. The summed E-state index contributed by atoms with van der Waals surface area (Å²) in [6.07, 6.45) is 1.50. The first-order chi connectivity index (χ1) is 19.4. The maximum atomic E-state index is 13.6. The van der Waals surface area contributed by atoms with E-state index in [2.05, 4.69) is 4.98 Å². The van der Waals surface area contributed by atoms with Gasteiger partial charge in [-0.05, 0) is 79.4 Å². The maximum absolute atomic E-state index is 13.6. The van der Waals surface area contributed by atoms with Gasteiger partial charge >= 0.3 is 6.18 Å². The molecule has 0 bridgehead atoms. The van der Waals surface area contributed by atoms with Crippen molar-refractivity contribution in [1.82, 2.24) is 19.1 Å². The highest BCUT2D eigenvalue weighted by Crippen LogP contribution is 2.42. The normalized spacial score (nSPS) is 14.0. The van der Waals surface area contributed by atoms with Crippen molar-refractivity contribution in [2.24, 2.45) is 0 Å². The van der Waals surface area contributed by atoms with Crippen LogP contribution >= 0.6 is 11.6 Å². The second-order valence-corrected chi connectivity index (χ2v) is 12.6. The van der Waals surface area contributed by atoms with Crippen molar-refractivity contribution < 1.29 is 21.6 Å². The molecule has 0 radical (unpaired) electrons. The molecule has 2 heterocycles. The molecular weight excluding hydrogens is 573 g/mol. The van der Waals surface area contributed by atoms with Crippen LogP contribution in [0.1, 0.15) is 36.0 Å². The van der Waals surface area contributed by atoms with E-state index in [4.69, 9.17) is 16.6 Å². The number of sulfone groups is 1. The van der Waals surface area contributed by atoms with Crippen molar-refractivity contribution in [3.8, 4) is 33.9 Å². The van der Waals surface area contributed by atoms with E-state index in [1.807, 2.05) is 29.0 Å². The molecule has 11 heteroatoms. The van der Waals surface area contributed by atoms with E-state index in [0.717, 1.165) is 36.7 Å². The molecule has 1 aliphatic carbocycles. The quantitative estimate of drug-likeness (QED) is 0.202. The third-order valence-electron chi connectivity index (χ3n) is 7.09. The molecule has 41 heavy (non-hydrogen) atoms. The molecule has 2 aromatic heterocycles. The van der Waals surface area contributed by atoms with Crippen LogP contribution in [0.25, 0.3) is 33.9 Å². The number of benzene rings is 3. The van der Waals surface area contributed by atoms with Gasteiger partial charge in [-0.25, -0.2) is 18.4 Å². The highest BCUT2D eigenvalue weighted by Gasteiger charge is 2.35. The van der Waals surface area contributed by atoms with Crippen LogP contribution < -0.4 is 0 Å². The lowest BCUT2D eigenvalue weighted by Gasteiger charge is -2.16. The predicted octanol–water partition coefficient (Wildman–Crippen LogP) is 7.65. The molecular formula is C30H24ClF3N4O2S. The Labute approximate surface area is 240 Å². The van der Waals surface area contributed by atoms with Crippen molar-refractivity contribution in [1.29, 1.82) is 0 Å². The van der Waals surface area contributed by atoms with Gasteiger partial charge in [-0.2, -0.15) is 13.2 Å². The molecule has 0 N–H and O–H groups in total. The van der Waals surface area contributed by atoms with Crippen molar-refractivity contribution in [3.63, 3.8) is 0 Å². The summed E-state index contributed by atoms with van der Waals surface area (Å²) in [6, 6.07) is 19.1. The van der Waals surface area contributed by atoms with Crippen LogP contribution in [0.5, 0.6) is 0 Å². The minimum Gasteiger partial charge on any atom is -0.303 e. The van der Waals surface area contributed by atoms with Crippen LogP contribution in [0.2, 0.25) is 5.02 Å². The summed E-state index contributed by atoms with van der Waals surface area (Å²) < 4.78 is 68.6. The molecule has 3 aromatic carbocycles. The van der Waals surface area contributed by atoms with Gasteiger partial charge in [0.1, 0.15) is 11.6 Å². The van der Waals surface area contributed by atoms with Crippen LogP contribution in [-0.4, -0.2) is 33.8 Å². The van der Waals surface area contributed by atoms with Gasteiger partial charge in [-0.3, -0.25) is 4.57 Å². The molecule has 0 saturated heterocycles. The van der Waals surface area contributed by atoms with Crippen molar-refractivity contribution in [3.05, 3.63) is 101 Å². The molecule has 0 atom stereocenters. The van der Waals surface area contributed by atoms with Crippen LogP contribution in [0, 0.1) is 6.92 Å². The molecule has 5 aromatic rings. The third kappa shape index (κ3) is 5.41. The first-order valence-electron chi connectivity index (χ1n) is 12.8. The van der Waals surface area contributed by atoms with E-state index in [9.17, 15) is 21.6 Å². The summed E-state index contributed by atoms with van der Waals surface area (Å²) in [6.45, 7) is 1.52. The Morgan fingerprint density at radius 1 is 0.902 bits per heavy atom. The van der Waals surface area contributed by atoms with Gasteiger partial charge in [-0.15, -0.1) is 0 Å². The lowest BCUT2D eigenvalue weighted by atomic mass is 10.0. The van der Waals surface area contributed by atoms with Gasteiger partial charge in [-0.1, -0.05) is 29.8 Å². The molecule has 1 aliphatic rings. The topological polar surface area (TPSA) is 69.8 Å². The fourth-order valence-electron chi connectivity index (χ4n) is 4.83. The van der Waals surface area contributed by atoms with Crippen molar-refractivity contribution >= 4 is 21.4 Å². The first kappa shape index (κ1) is 27.3. The van der Waals surface area contributed by atoms with Gasteiger partial charge in [0.05, 0.1) is 16.3 Å². The zero-order chi connectivity index (χ0) is 29.1. The largest absolute Gasteiger partial charge is 0.434 e. The average Bonchev–Trinajstić information content (AvgIpc) is 3.56. The Balaban J connectivity index is 1.61. The minimum atomic E-state index is -4.61. The average molecular weight is 597 g/mol. The number of hydrogen-bond acceptors (Lipinski definition) is 4. The monoisotopic (exact) mass is 596 g/mol. The summed E-state index contributed by atoms with van der Waals surface area (Å²) in [7, 11) is -3.46. The first-order valence-corrected chi connectivity index (χ1v) is 15.1. The lowest BCUT2D eigenvalue weighted by Crippen LogP contribution is -2.05. The minimum absolute atomic E-state index is 0.164. The molecule has 210 valence electrons. The van der Waals surface area contributed by atoms with Gasteiger partial charge in [0.2, 0.25) is 0 Å². The number of rotatable bonds is 6. The van der Waals surface area contributed by atoms with Crippen LogP contribution in [0.4, 0.5) is 13.2 Å². The SMILES string of the molecule is Cc1nc(C(F)(F)F)cn1-c1ccc(-c2cccc(S(C)(=O)=O)c2)cc1-c1nc(C2CC2)cn1-c1ccc(Cl)cc1. The molecule has 0 aliphatic heterocycles.